The molecule has 0 aliphatic heterocycles. The van der Waals surface area contributed by atoms with Crippen molar-refractivity contribution in [2.24, 2.45) is 11.5 Å². The van der Waals surface area contributed by atoms with E-state index in [1.165, 1.54) is 6.92 Å². The number of hydrogen-bond donors (Lipinski definition) is 3. The monoisotopic (exact) mass is 275 g/mol. The third kappa shape index (κ3) is 3.04. The number of esters is 2. The van der Waals surface area contributed by atoms with E-state index >= 15 is 0 Å². The number of para-hydroxylation sites is 1. The highest BCUT2D eigenvalue weighted by molar-refractivity contribution is 5.91. The summed E-state index contributed by atoms with van der Waals surface area (Å²) in [5, 5.41) is 0.995. The zero-order valence-corrected chi connectivity index (χ0v) is 11.1. The van der Waals surface area contributed by atoms with Gasteiger partial charge in [-0.15, -0.1) is 0 Å². The maximum Gasteiger partial charge on any atom is 0.330 e. The molecule has 2 rings (SSSR count). The Kier molecular flexibility index (Phi) is 4.16. The molecule has 0 unspecified atom stereocenters. The molecular formula is C14H17N3O3. The van der Waals surface area contributed by atoms with Crippen molar-refractivity contribution in [3.05, 3.63) is 36.0 Å². The SMILES string of the molecule is C[C@H](N)C(=O)OC(=O)[C@@H](N)Cc1c[nH]c2ccccc12. The van der Waals surface area contributed by atoms with E-state index in [-0.39, 0.29) is 6.42 Å². The van der Waals surface area contributed by atoms with Gasteiger partial charge in [0.15, 0.2) is 0 Å². The minimum Gasteiger partial charge on any atom is -0.391 e. The van der Waals surface area contributed by atoms with Gasteiger partial charge in [-0.05, 0) is 18.6 Å². The van der Waals surface area contributed by atoms with Gasteiger partial charge in [0.2, 0.25) is 0 Å². The van der Waals surface area contributed by atoms with Gasteiger partial charge in [0.05, 0.1) is 0 Å². The number of aromatic nitrogens is 1. The van der Waals surface area contributed by atoms with Crippen molar-refractivity contribution < 1.29 is 14.3 Å². The van der Waals surface area contributed by atoms with Crippen LogP contribution in [0.25, 0.3) is 10.9 Å². The van der Waals surface area contributed by atoms with Crippen LogP contribution in [-0.4, -0.2) is 29.0 Å². The minimum atomic E-state index is -0.906. The molecule has 2 aromatic rings. The molecule has 1 aromatic carbocycles. The van der Waals surface area contributed by atoms with Crippen LogP contribution in [0, 0.1) is 0 Å². The third-order valence-electron chi connectivity index (χ3n) is 2.99. The Balaban J connectivity index is 2.06. The molecule has 0 spiro atoms. The van der Waals surface area contributed by atoms with Gasteiger partial charge in [-0.3, -0.25) is 0 Å². The standard InChI is InChI=1S/C14H17N3O3/c1-8(15)13(18)20-14(19)11(16)6-9-7-17-12-5-3-2-4-10(9)12/h2-5,7-8,11,17H,6,15-16H2,1H3/t8-,11-/m0/s1. The van der Waals surface area contributed by atoms with Crippen LogP contribution in [0.2, 0.25) is 0 Å². The fourth-order valence-corrected chi connectivity index (χ4v) is 1.89. The first-order valence-corrected chi connectivity index (χ1v) is 6.30. The molecule has 0 saturated heterocycles. The number of rotatable bonds is 4. The third-order valence-corrected chi connectivity index (χ3v) is 2.99. The molecule has 1 aromatic heterocycles. The Morgan fingerprint density at radius 1 is 1.25 bits per heavy atom. The predicted octanol–water partition coefficient (Wildman–Crippen LogP) is 0.455. The summed E-state index contributed by atoms with van der Waals surface area (Å²) in [6.45, 7) is 1.45. The highest BCUT2D eigenvalue weighted by Gasteiger charge is 2.22. The van der Waals surface area contributed by atoms with Crippen molar-refractivity contribution in [1.29, 1.82) is 0 Å². The summed E-state index contributed by atoms with van der Waals surface area (Å²) in [5.74, 6) is -1.54. The second-order valence-corrected chi connectivity index (χ2v) is 4.70. The number of fused-ring (bicyclic) bond motifs is 1. The number of carbonyl (C=O) groups is 2. The van der Waals surface area contributed by atoms with Crippen LogP contribution in [0.3, 0.4) is 0 Å². The molecule has 0 fully saturated rings. The molecule has 0 aliphatic rings. The number of nitrogens with two attached hydrogens (primary N) is 2. The lowest BCUT2D eigenvalue weighted by atomic mass is 10.1. The van der Waals surface area contributed by atoms with Crippen LogP contribution in [0.1, 0.15) is 12.5 Å². The maximum atomic E-state index is 11.7. The van der Waals surface area contributed by atoms with Gasteiger partial charge in [-0.25, -0.2) is 9.59 Å². The Morgan fingerprint density at radius 2 is 1.95 bits per heavy atom. The Labute approximate surface area is 116 Å². The number of aromatic amines is 1. The molecule has 6 nitrogen and oxygen atoms in total. The van der Waals surface area contributed by atoms with Crippen molar-refractivity contribution in [1.82, 2.24) is 4.98 Å². The first-order valence-electron chi connectivity index (χ1n) is 6.30. The molecule has 2 atom stereocenters. The summed E-state index contributed by atoms with van der Waals surface area (Å²) in [4.78, 5) is 26.0. The van der Waals surface area contributed by atoms with E-state index in [0.29, 0.717) is 0 Å². The maximum absolute atomic E-state index is 11.7. The van der Waals surface area contributed by atoms with E-state index in [4.69, 9.17) is 11.5 Å². The molecule has 5 N–H and O–H groups in total. The lowest BCUT2D eigenvalue weighted by Gasteiger charge is -2.11. The fourth-order valence-electron chi connectivity index (χ4n) is 1.89. The Morgan fingerprint density at radius 3 is 2.65 bits per heavy atom. The van der Waals surface area contributed by atoms with E-state index in [2.05, 4.69) is 9.72 Å². The van der Waals surface area contributed by atoms with Crippen LogP contribution in [-0.2, 0) is 20.7 Å². The van der Waals surface area contributed by atoms with Crippen LogP contribution in [0.15, 0.2) is 30.5 Å². The van der Waals surface area contributed by atoms with Crippen molar-refractivity contribution in [2.75, 3.05) is 0 Å². The van der Waals surface area contributed by atoms with E-state index in [9.17, 15) is 9.59 Å². The molecule has 20 heavy (non-hydrogen) atoms. The first kappa shape index (κ1) is 14.2. The lowest BCUT2D eigenvalue weighted by molar-refractivity contribution is -0.161. The zero-order valence-electron chi connectivity index (χ0n) is 11.1. The van der Waals surface area contributed by atoms with E-state index in [1.807, 2.05) is 24.3 Å². The van der Waals surface area contributed by atoms with Crippen molar-refractivity contribution in [2.45, 2.75) is 25.4 Å². The average molecular weight is 275 g/mol. The van der Waals surface area contributed by atoms with Crippen molar-refractivity contribution >= 4 is 22.8 Å². The Bertz CT molecular complexity index is 633. The van der Waals surface area contributed by atoms with Crippen molar-refractivity contribution in [3.8, 4) is 0 Å². The molecule has 0 bridgehead atoms. The number of H-pyrrole nitrogens is 1. The van der Waals surface area contributed by atoms with Gasteiger partial charge in [-0.2, -0.15) is 0 Å². The second-order valence-electron chi connectivity index (χ2n) is 4.70. The molecule has 0 amide bonds. The first-order chi connectivity index (χ1) is 9.49. The number of carbonyl (C=O) groups excluding carboxylic acids is 2. The molecule has 0 radical (unpaired) electrons. The topological polar surface area (TPSA) is 111 Å². The Hall–Kier alpha value is -2.18. The van der Waals surface area contributed by atoms with E-state index in [1.54, 1.807) is 6.20 Å². The predicted molar refractivity (Wildman–Crippen MR) is 74.7 cm³/mol. The van der Waals surface area contributed by atoms with Crippen LogP contribution < -0.4 is 11.5 Å². The number of nitrogens with one attached hydrogen (secondary N) is 1. The summed E-state index contributed by atoms with van der Waals surface area (Å²) in [6, 6.07) is 5.94. The zero-order chi connectivity index (χ0) is 14.7. The van der Waals surface area contributed by atoms with E-state index in [0.717, 1.165) is 16.5 Å². The van der Waals surface area contributed by atoms with Crippen LogP contribution in [0.5, 0.6) is 0 Å². The van der Waals surface area contributed by atoms with Crippen LogP contribution in [0.4, 0.5) is 0 Å². The number of benzene rings is 1. The van der Waals surface area contributed by atoms with Gasteiger partial charge in [0.25, 0.3) is 0 Å². The van der Waals surface area contributed by atoms with Gasteiger partial charge in [0.1, 0.15) is 12.1 Å². The van der Waals surface area contributed by atoms with Gasteiger partial charge in [-0.1, -0.05) is 18.2 Å². The molecule has 0 saturated carbocycles. The summed E-state index contributed by atoms with van der Waals surface area (Å²) < 4.78 is 4.60. The van der Waals surface area contributed by atoms with Gasteiger partial charge >= 0.3 is 11.9 Å². The molecular weight excluding hydrogens is 258 g/mol. The fraction of sp³-hybridized carbons (Fsp3) is 0.286. The number of ether oxygens (including phenoxy) is 1. The van der Waals surface area contributed by atoms with Gasteiger partial charge < -0.3 is 21.2 Å². The normalized spacial score (nSPS) is 13.9. The number of hydrogen-bond acceptors (Lipinski definition) is 5. The van der Waals surface area contributed by atoms with Crippen molar-refractivity contribution in [3.63, 3.8) is 0 Å². The summed E-state index contributed by atoms with van der Waals surface area (Å²) >= 11 is 0. The quantitative estimate of drug-likeness (QED) is 0.554. The molecule has 1 heterocycles. The summed E-state index contributed by atoms with van der Waals surface area (Å²) in [6.07, 6.45) is 2.08. The smallest absolute Gasteiger partial charge is 0.330 e. The summed E-state index contributed by atoms with van der Waals surface area (Å²) in [5.41, 5.74) is 13.0. The average Bonchev–Trinajstić information content (AvgIpc) is 2.82. The molecule has 6 heteroatoms. The van der Waals surface area contributed by atoms with E-state index < -0.39 is 24.0 Å². The minimum absolute atomic E-state index is 0.287. The highest BCUT2D eigenvalue weighted by atomic mass is 16.6. The second kappa shape index (κ2) is 5.85. The summed E-state index contributed by atoms with van der Waals surface area (Å²) in [7, 11) is 0. The lowest BCUT2D eigenvalue weighted by Crippen LogP contribution is -2.39. The largest absolute Gasteiger partial charge is 0.391 e. The van der Waals surface area contributed by atoms with Crippen LogP contribution >= 0.6 is 0 Å². The highest BCUT2D eigenvalue weighted by Crippen LogP contribution is 2.18. The van der Waals surface area contributed by atoms with Gasteiger partial charge in [0, 0.05) is 23.5 Å². The molecule has 106 valence electrons. The molecule has 0 aliphatic carbocycles.